The SMILES string of the molecule is CCNC(=NCc1ccc(OC)c(OC(F)F)c1)Nc1ccc(OCC)c(OC)c1.I. The van der Waals surface area contributed by atoms with Crippen molar-refractivity contribution in [2.75, 3.05) is 32.7 Å². The Morgan fingerprint density at radius 1 is 0.968 bits per heavy atom. The largest absolute Gasteiger partial charge is 0.493 e. The van der Waals surface area contributed by atoms with Crippen LogP contribution in [0.2, 0.25) is 0 Å². The van der Waals surface area contributed by atoms with Crippen molar-refractivity contribution in [3.8, 4) is 23.0 Å². The highest BCUT2D eigenvalue weighted by atomic mass is 127. The Balaban J connectivity index is 0.00000480. The van der Waals surface area contributed by atoms with E-state index in [0.717, 1.165) is 5.69 Å². The maximum absolute atomic E-state index is 12.6. The summed E-state index contributed by atoms with van der Waals surface area (Å²) in [5.41, 5.74) is 1.44. The maximum Gasteiger partial charge on any atom is 0.387 e. The van der Waals surface area contributed by atoms with Gasteiger partial charge < -0.3 is 29.6 Å². The van der Waals surface area contributed by atoms with E-state index < -0.39 is 6.61 Å². The molecular formula is C21H28F2IN3O4. The average molecular weight is 551 g/mol. The first-order valence-electron chi connectivity index (χ1n) is 9.48. The third kappa shape index (κ3) is 8.27. The van der Waals surface area contributed by atoms with Gasteiger partial charge in [-0.05, 0) is 43.7 Å². The number of nitrogens with zero attached hydrogens (tertiary/aromatic N) is 1. The van der Waals surface area contributed by atoms with Gasteiger partial charge in [0.05, 0.1) is 27.4 Å². The van der Waals surface area contributed by atoms with E-state index in [4.69, 9.17) is 14.2 Å². The van der Waals surface area contributed by atoms with Crippen molar-refractivity contribution < 1.29 is 27.7 Å². The lowest BCUT2D eigenvalue weighted by Crippen LogP contribution is -2.30. The molecule has 31 heavy (non-hydrogen) atoms. The summed E-state index contributed by atoms with van der Waals surface area (Å²) >= 11 is 0. The highest BCUT2D eigenvalue weighted by Crippen LogP contribution is 2.31. The minimum atomic E-state index is -2.94. The van der Waals surface area contributed by atoms with Crippen LogP contribution in [0, 0.1) is 0 Å². The Morgan fingerprint density at radius 3 is 2.29 bits per heavy atom. The van der Waals surface area contributed by atoms with Crippen molar-refractivity contribution in [3.05, 3.63) is 42.0 Å². The Morgan fingerprint density at radius 2 is 1.68 bits per heavy atom. The van der Waals surface area contributed by atoms with Crippen molar-refractivity contribution in [1.82, 2.24) is 5.32 Å². The third-order valence-corrected chi connectivity index (χ3v) is 3.93. The molecule has 2 rings (SSSR count). The van der Waals surface area contributed by atoms with E-state index in [2.05, 4.69) is 20.4 Å². The summed E-state index contributed by atoms with van der Waals surface area (Å²) in [5.74, 6) is 1.97. The Bertz CT molecular complexity index is 853. The van der Waals surface area contributed by atoms with E-state index in [1.807, 2.05) is 26.0 Å². The molecule has 0 unspecified atom stereocenters. The predicted molar refractivity (Wildman–Crippen MR) is 128 cm³/mol. The van der Waals surface area contributed by atoms with Crippen molar-refractivity contribution in [2.45, 2.75) is 27.0 Å². The molecule has 0 aromatic heterocycles. The van der Waals surface area contributed by atoms with Crippen LogP contribution in [0.3, 0.4) is 0 Å². The highest BCUT2D eigenvalue weighted by Gasteiger charge is 2.12. The van der Waals surface area contributed by atoms with Gasteiger partial charge in [0.15, 0.2) is 29.0 Å². The van der Waals surface area contributed by atoms with Gasteiger partial charge >= 0.3 is 6.61 Å². The van der Waals surface area contributed by atoms with Crippen LogP contribution in [0.15, 0.2) is 41.4 Å². The van der Waals surface area contributed by atoms with Crippen LogP contribution >= 0.6 is 24.0 Å². The van der Waals surface area contributed by atoms with E-state index >= 15 is 0 Å². The molecule has 0 saturated heterocycles. The minimum Gasteiger partial charge on any atom is -0.493 e. The molecule has 10 heteroatoms. The molecule has 2 aromatic rings. The molecule has 7 nitrogen and oxygen atoms in total. The van der Waals surface area contributed by atoms with E-state index in [1.54, 1.807) is 25.3 Å². The Kier molecular flexibility index (Phi) is 11.8. The quantitative estimate of drug-likeness (QED) is 0.249. The van der Waals surface area contributed by atoms with Gasteiger partial charge in [-0.2, -0.15) is 8.78 Å². The molecule has 0 amide bonds. The second-order valence-corrected chi connectivity index (χ2v) is 5.98. The molecule has 0 atom stereocenters. The fourth-order valence-corrected chi connectivity index (χ4v) is 2.64. The van der Waals surface area contributed by atoms with Gasteiger partial charge in [-0.15, -0.1) is 24.0 Å². The lowest BCUT2D eigenvalue weighted by molar-refractivity contribution is -0.0512. The smallest absolute Gasteiger partial charge is 0.387 e. The van der Waals surface area contributed by atoms with Gasteiger partial charge in [0.25, 0.3) is 0 Å². The monoisotopic (exact) mass is 551 g/mol. The van der Waals surface area contributed by atoms with Crippen LogP contribution in [0.5, 0.6) is 23.0 Å². The second kappa shape index (κ2) is 13.7. The summed E-state index contributed by atoms with van der Waals surface area (Å²) in [6.07, 6.45) is 0. The number of hydrogen-bond donors (Lipinski definition) is 2. The molecule has 0 radical (unpaired) electrons. The average Bonchev–Trinajstić information content (AvgIpc) is 2.73. The first-order chi connectivity index (χ1) is 14.5. The zero-order valence-electron chi connectivity index (χ0n) is 17.9. The summed E-state index contributed by atoms with van der Waals surface area (Å²) in [6, 6.07) is 10.3. The topological polar surface area (TPSA) is 73.3 Å². The molecule has 172 valence electrons. The molecule has 0 aliphatic carbocycles. The number of anilines is 1. The van der Waals surface area contributed by atoms with Gasteiger partial charge in [-0.25, -0.2) is 4.99 Å². The van der Waals surface area contributed by atoms with Gasteiger partial charge in [0.2, 0.25) is 0 Å². The fourth-order valence-electron chi connectivity index (χ4n) is 2.64. The van der Waals surface area contributed by atoms with E-state index in [-0.39, 0.29) is 42.0 Å². The van der Waals surface area contributed by atoms with Crippen LogP contribution in [0.4, 0.5) is 14.5 Å². The zero-order chi connectivity index (χ0) is 21.9. The van der Waals surface area contributed by atoms with Crippen LogP contribution in [-0.2, 0) is 6.54 Å². The normalized spacial score (nSPS) is 10.9. The molecule has 0 spiro atoms. The molecular weight excluding hydrogens is 523 g/mol. The fraction of sp³-hybridized carbons (Fsp3) is 0.381. The van der Waals surface area contributed by atoms with Gasteiger partial charge in [0.1, 0.15) is 0 Å². The van der Waals surface area contributed by atoms with Crippen molar-refractivity contribution in [1.29, 1.82) is 0 Å². The molecule has 0 aliphatic heterocycles. The Hall–Kier alpha value is -2.50. The molecule has 2 N–H and O–H groups in total. The van der Waals surface area contributed by atoms with Crippen LogP contribution < -0.4 is 29.6 Å². The van der Waals surface area contributed by atoms with Crippen molar-refractivity contribution in [2.24, 2.45) is 4.99 Å². The maximum atomic E-state index is 12.6. The van der Waals surface area contributed by atoms with Crippen LogP contribution in [-0.4, -0.2) is 39.9 Å². The lowest BCUT2D eigenvalue weighted by Gasteiger charge is -2.15. The van der Waals surface area contributed by atoms with E-state index in [0.29, 0.717) is 36.2 Å². The molecule has 0 saturated carbocycles. The Labute approximate surface area is 198 Å². The summed E-state index contributed by atoms with van der Waals surface area (Å²) in [7, 11) is 2.97. The zero-order valence-corrected chi connectivity index (χ0v) is 20.2. The van der Waals surface area contributed by atoms with E-state index in [1.165, 1.54) is 13.2 Å². The number of alkyl halides is 2. The number of methoxy groups -OCH3 is 2. The predicted octanol–water partition coefficient (Wildman–Crippen LogP) is 4.90. The molecule has 2 aromatic carbocycles. The van der Waals surface area contributed by atoms with E-state index in [9.17, 15) is 8.78 Å². The number of aliphatic imine (C=N–C) groups is 1. The summed E-state index contributed by atoms with van der Waals surface area (Å²) in [6.45, 7) is 2.32. The lowest BCUT2D eigenvalue weighted by atomic mass is 10.2. The van der Waals surface area contributed by atoms with Gasteiger partial charge in [0, 0.05) is 18.3 Å². The van der Waals surface area contributed by atoms with Crippen molar-refractivity contribution >= 4 is 35.6 Å². The van der Waals surface area contributed by atoms with Crippen LogP contribution in [0.1, 0.15) is 19.4 Å². The van der Waals surface area contributed by atoms with Crippen LogP contribution in [0.25, 0.3) is 0 Å². The summed E-state index contributed by atoms with van der Waals surface area (Å²) in [4.78, 5) is 4.51. The first-order valence-corrected chi connectivity index (χ1v) is 9.48. The minimum absolute atomic E-state index is 0. The number of benzene rings is 2. The standard InChI is InChI=1S/C21H27F2N3O4.HI/c1-5-24-21(26-15-8-10-17(29-6-2)18(12-15)28-4)25-13-14-7-9-16(27-3)19(11-14)30-20(22)23;/h7-12,20H,5-6,13H2,1-4H3,(H2,24,25,26);1H. The number of guanidine groups is 1. The second-order valence-electron chi connectivity index (χ2n) is 5.98. The number of hydrogen-bond acceptors (Lipinski definition) is 5. The summed E-state index contributed by atoms with van der Waals surface area (Å²) < 4.78 is 45.7. The molecule has 0 heterocycles. The van der Waals surface area contributed by atoms with Gasteiger partial charge in [-0.1, -0.05) is 6.07 Å². The van der Waals surface area contributed by atoms with Crippen molar-refractivity contribution in [3.63, 3.8) is 0 Å². The molecule has 0 fully saturated rings. The molecule has 0 aliphatic rings. The van der Waals surface area contributed by atoms with Gasteiger partial charge in [-0.3, -0.25) is 0 Å². The number of nitrogens with one attached hydrogen (secondary N) is 2. The summed E-state index contributed by atoms with van der Waals surface area (Å²) in [5, 5.41) is 6.33. The molecule has 0 bridgehead atoms. The number of rotatable bonds is 10. The third-order valence-electron chi connectivity index (χ3n) is 3.93. The first kappa shape index (κ1) is 26.5. The highest BCUT2D eigenvalue weighted by molar-refractivity contribution is 14.0. The number of halogens is 3. The number of ether oxygens (including phenoxy) is 4.